The Morgan fingerprint density at radius 3 is 2.24 bits per heavy atom. The van der Waals surface area contributed by atoms with Crippen molar-refractivity contribution in [3.8, 4) is 11.5 Å². The second-order valence-corrected chi connectivity index (χ2v) is 8.42. The van der Waals surface area contributed by atoms with Crippen LogP contribution < -0.4 is 9.47 Å². The van der Waals surface area contributed by atoms with E-state index in [1.165, 1.54) is 16.0 Å². The van der Waals surface area contributed by atoms with Crippen LogP contribution in [0.15, 0.2) is 78.5 Å². The van der Waals surface area contributed by atoms with E-state index < -0.39 is 0 Å². The summed E-state index contributed by atoms with van der Waals surface area (Å²) in [5.74, 6) is 0.613. The number of fused-ring (bicyclic) bond motifs is 1. The number of hydrogen-bond acceptors (Lipinski definition) is 5. The predicted molar refractivity (Wildman–Crippen MR) is 129 cm³/mol. The third-order valence-corrected chi connectivity index (χ3v) is 6.44. The monoisotopic (exact) mass is 454 g/mol. The van der Waals surface area contributed by atoms with Crippen LogP contribution in [0.1, 0.15) is 22.3 Å². The minimum Gasteiger partial charge on any atom is -0.493 e. The fourth-order valence-electron chi connectivity index (χ4n) is 4.71. The highest BCUT2D eigenvalue weighted by molar-refractivity contribution is 6.35. The van der Waals surface area contributed by atoms with E-state index in [1.54, 1.807) is 26.4 Å². The maximum absolute atomic E-state index is 13.7. The number of ether oxygens (including phenoxy) is 2. The molecule has 2 heterocycles. The second-order valence-electron chi connectivity index (χ2n) is 8.42. The highest BCUT2D eigenvalue weighted by Crippen LogP contribution is 2.36. The van der Waals surface area contributed by atoms with Gasteiger partial charge in [0.1, 0.15) is 5.70 Å². The zero-order chi connectivity index (χ0) is 23.7. The lowest BCUT2D eigenvalue weighted by molar-refractivity contribution is -0.138. The first-order chi connectivity index (χ1) is 16.6. The minimum atomic E-state index is -0.278. The molecule has 0 aromatic heterocycles. The highest BCUT2D eigenvalue weighted by atomic mass is 16.5. The molecule has 0 radical (unpaired) electrons. The molecular formula is C28H26N2O4. The lowest BCUT2D eigenvalue weighted by Gasteiger charge is -2.31. The second kappa shape index (κ2) is 9.06. The van der Waals surface area contributed by atoms with E-state index in [0.29, 0.717) is 35.9 Å². The normalized spacial score (nSPS) is 15.6. The molecular weight excluding hydrogens is 428 g/mol. The number of imide groups is 1. The molecule has 2 amide bonds. The number of hydrogen-bond donors (Lipinski definition) is 0. The molecule has 3 aromatic carbocycles. The van der Waals surface area contributed by atoms with Gasteiger partial charge >= 0.3 is 0 Å². The largest absolute Gasteiger partial charge is 0.493 e. The number of methoxy groups -OCH3 is 2. The molecule has 0 saturated carbocycles. The van der Waals surface area contributed by atoms with E-state index >= 15 is 0 Å². The van der Waals surface area contributed by atoms with Crippen molar-refractivity contribution >= 4 is 17.4 Å². The van der Waals surface area contributed by atoms with Crippen molar-refractivity contribution in [2.75, 3.05) is 20.8 Å². The molecule has 6 nitrogen and oxygen atoms in total. The molecule has 5 rings (SSSR count). The van der Waals surface area contributed by atoms with E-state index in [-0.39, 0.29) is 18.4 Å². The van der Waals surface area contributed by atoms with Crippen LogP contribution in [-0.4, -0.2) is 42.4 Å². The minimum absolute atomic E-state index is 0.155. The average molecular weight is 455 g/mol. The molecule has 3 aromatic rings. The van der Waals surface area contributed by atoms with Gasteiger partial charge in [-0.3, -0.25) is 14.5 Å². The summed E-state index contributed by atoms with van der Waals surface area (Å²) in [6, 6.07) is 23.2. The lowest BCUT2D eigenvalue weighted by Crippen LogP contribution is -2.37. The van der Waals surface area contributed by atoms with E-state index in [9.17, 15) is 9.59 Å². The highest BCUT2D eigenvalue weighted by Gasteiger charge is 2.42. The number of carbonyl (C=O) groups excluding carboxylic acids is 2. The van der Waals surface area contributed by atoms with Crippen molar-refractivity contribution < 1.29 is 19.1 Å². The Morgan fingerprint density at radius 2 is 1.50 bits per heavy atom. The maximum Gasteiger partial charge on any atom is 0.278 e. The Labute approximate surface area is 199 Å². The number of carbonyl (C=O) groups is 2. The Kier molecular flexibility index (Phi) is 5.80. The topological polar surface area (TPSA) is 59.1 Å². The van der Waals surface area contributed by atoms with Crippen LogP contribution >= 0.6 is 0 Å². The van der Waals surface area contributed by atoms with Gasteiger partial charge in [-0.05, 0) is 40.8 Å². The van der Waals surface area contributed by atoms with Gasteiger partial charge in [-0.15, -0.1) is 0 Å². The SMILES string of the molecule is COc1ccc(CN2C(=O)C(c3ccccc3)=C(N3CCc4ccccc4C3)C2=O)cc1OC. The van der Waals surface area contributed by atoms with Gasteiger partial charge in [0.25, 0.3) is 11.8 Å². The number of rotatable bonds is 6. The van der Waals surface area contributed by atoms with Crippen LogP contribution in [0.25, 0.3) is 5.57 Å². The smallest absolute Gasteiger partial charge is 0.278 e. The van der Waals surface area contributed by atoms with E-state index in [4.69, 9.17) is 9.47 Å². The van der Waals surface area contributed by atoms with Gasteiger partial charge in [0.2, 0.25) is 0 Å². The molecule has 0 unspecified atom stereocenters. The number of amides is 2. The van der Waals surface area contributed by atoms with Gasteiger partial charge < -0.3 is 14.4 Å². The van der Waals surface area contributed by atoms with Crippen LogP contribution in [0.5, 0.6) is 11.5 Å². The summed E-state index contributed by atoms with van der Waals surface area (Å²) >= 11 is 0. The van der Waals surface area contributed by atoms with Gasteiger partial charge in [0, 0.05) is 13.1 Å². The third kappa shape index (κ3) is 3.81. The molecule has 0 bridgehead atoms. The summed E-state index contributed by atoms with van der Waals surface area (Å²) in [5, 5.41) is 0. The van der Waals surface area contributed by atoms with Crippen LogP contribution in [-0.2, 0) is 29.1 Å². The van der Waals surface area contributed by atoms with Gasteiger partial charge in [0.15, 0.2) is 11.5 Å². The van der Waals surface area contributed by atoms with Crippen LogP contribution in [0, 0.1) is 0 Å². The van der Waals surface area contributed by atoms with Crippen molar-refractivity contribution in [2.45, 2.75) is 19.5 Å². The van der Waals surface area contributed by atoms with Gasteiger partial charge in [-0.25, -0.2) is 0 Å². The molecule has 0 N–H and O–H groups in total. The average Bonchev–Trinajstić information content (AvgIpc) is 3.13. The number of nitrogens with zero attached hydrogens (tertiary/aromatic N) is 2. The summed E-state index contributed by atoms with van der Waals surface area (Å²) in [6.07, 6.45) is 0.832. The van der Waals surface area contributed by atoms with E-state index in [0.717, 1.165) is 17.5 Å². The Morgan fingerprint density at radius 1 is 0.794 bits per heavy atom. The molecule has 0 spiro atoms. The van der Waals surface area contributed by atoms with Crippen molar-refractivity contribution in [3.63, 3.8) is 0 Å². The van der Waals surface area contributed by atoms with Crippen LogP contribution in [0.4, 0.5) is 0 Å². The number of benzene rings is 3. The zero-order valence-electron chi connectivity index (χ0n) is 19.3. The van der Waals surface area contributed by atoms with Crippen LogP contribution in [0.2, 0.25) is 0 Å². The lowest BCUT2D eigenvalue weighted by atomic mass is 9.98. The van der Waals surface area contributed by atoms with E-state index in [2.05, 4.69) is 17.0 Å². The first-order valence-corrected chi connectivity index (χ1v) is 11.3. The molecule has 0 aliphatic carbocycles. The third-order valence-electron chi connectivity index (χ3n) is 6.44. The maximum atomic E-state index is 13.7. The molecule has 6 heteroatoms. The molecule has 2 aliphatic heterocycles. The summed E-state index contributed by atoms with van der Waals surface area (Å²) in [7, 11) is 3.14. The molecule has 2 aliphatic rings. The van der Waals surface area contributed by atoms with Crippen molar-refractivity contribution in [1.82, 2.24) is 9.80 Å². The molecule has 0 atom stereocenters. The Bertz CT molecular complexity index is 1280. The van der Waals surface area contributed by atoms with Gasteiger partial charge in [-0.2, -0.15) is 0 Å². The van der Waals surface area contributed by atoms with Crippen molar-refractivity contribution in [2.24, 2.45) is 0 Å². The van der Waals surface area contributed by atoms with Gasteiger partial charge in [-0.1, -0.05) is 60.7 Å². The van der Waals surface area contributed by atoms with E-state index in [1.807, 2.05) is 48.5 Å². The Hall–Kier alpha value is -4.06. The van der Waals surface area contributed by atoms with Crippen molar-refractivity contribution in [3.05, 3.63) is 101 Å². The fourth-order valence-corrected chi connectivity index (χ4v) is 4.71. The molecule has 172 valence electrons. The molecule has 0 fully saturated rings. The zero-order valence-corrected chi connectivity index (χ0v) is 19.3. The standard InChI is InChI=1S/C28H26N2O4/c1-33-23-13-12-19(16-24(23)34-2)17-30-27(31)25(21-9-4-3-5-10-21)26(28(30)32)29-15-14-20-8-6-7-11-22(20)18-29/h3-13,16H,14-15,17-18H2,1-2H3. The summed E-state index contributed by atoms with van der Waals surface area (Å²) in [5.41, 5.74) is 4.96. The first-order valence-electron chi connectivity index (χ1n) is 11.3. The quantitative estimate of drug-likeness (QED) is 0.526. The predicted octanol–water partition coefficient (Wildman–Crippen LogP) is 4.04. The first kappa shape index (κ1) is 21.8. The summed E-state index contributed by atoms with van der Waals surface area (Å²) in [4.78, 5) is 30.8. The van der Waals surface area contributed by atoms with Gasteiger partial charge in [0.05, 0.1) is 26.3 Å². The molecule has 34 heavy (non-hydrogen) atoms. The summed E-state index contributed by atoms with van der Waals surface area (Å²) < 4.78 is 10.7. The fraction of sp³-hybridized carbons (Fsp3) is 0.214. The Balaban J connectivity index is 1.51. The molecule has 0 saturated heterocycles. The van der Waals surface area contributed by atoms with Crippen LogP contribution in [0.3, 0.4) is 0 Å². The summed E-state index contributed by atoms with van der Waals surface area (Å²) in [6.45, 7) is 1.44. The van der Waals surface area contributed by atoms with Crippen molar-refractivity contribution in [1.29, 1.82) is 0 Å².